The maximum Gasteiger partial charge on any atom is 0.251 e. The summed E-state index contributed by atoms with van der Waals surface area (Å²) in [6.07, 6.45) is 0.331. The van der Waals surface area contributed by atoms with Gasteiger partial charge < -0.3 is 35.6 Å². The Labute approximate surface area is 420 Å². The first-order chi connectivity index (χ1) is 33.2. The Morgan fingerprint density at radius 1 is 0.929 bits per heavy atom. The van der Waals surface area contributed by atoms with Gasteiger partial charge in [0.15, 0.2) is 0 Å². The molecule has 15 heteroatoms. The predicted octanol–water partition coefficient (Wildman–Crippen LogP) is 9.44. The molecule has 1 saturated heterocycles. The number of nitriles is 1. The molecule has 4 aromatic carbocycles. The van der Waals surface area contributed by atoms with Crippen LogP contribution in [0.15, 0.2) is 96.5 Å². The van der Waals surface area contributed by atoms with E-state index in [1.165, 1.54) is 0 Å². The van der Waals surface area contributed by atoms with Crippen molar-refractivity contribution in [2.75, 3.05) is 31.6 Å². The Balaban J connectivity index is 0.839. The number of halogens is 1. The molecule has 5 aromatic rings. The van der Waals surface area contributed by atoms with Crippen LogP contribution in [-0.4, -0.2) is 84.0 Å². The zero-order chi connectivity index (χ0) is 50.5. The van der Waals surface area contributed by atoms with Crippen molar-refractivity contribution in [1.29, 1.82) is 5.26 Å². The number of ether oxygens (including phenoxy) is 2. The number of anilines is 1. The molecule has 1 saturated carbocycles. The number of likely N-dealkylation sites (tertiary alicyclic amines) is 1. The molecule has 0 radical (unpaired) electrons. The third kappa shape index (κ3) is 11.7. The highest BCUT2D eigenvalue weighted by Gasteiger charge is 2.64. The van der Waals surface area contributed by atoms with Gasteiger partial charge in [-0.1, -0.05) is 116 Å². The summed E-state index contributed by atoms with van der Waals surface area (Å²) in [7, 11) is 0. The van der Waals surface area contributed by atoms with Gasteiger partial charge in [-0.2, -0.15) is 5.26 Å². The zero-order valence-corrected chi connectivity index (χ0v) is 43.0. The quantitative estimate of drug-likeness (QED) is 0.0662. The molecule has 7 rings (SSSR count). The second-order valence-electron chi connectivity index (χ2n) is 20.8. The summed E-state index contributed by atoms with van der Waals surface area (Å²) in [6, 6.07) is 28.9. The molecule has 4 amide bonds. The number of hydrogen-bond donors (Lipinski definition) is 4. The summed E-state index contributed by atoms with van der Waals surface area (Å²) in [5, 5.41) is 22.1. The Morgan fingerprint density at radius 2 is 1.57 bits per heavy atom. The van der Waals surface area contributed by atoms with Crippen molar-refractivity contribution in [2.45, 2.75) is 99.5 Å². The average Bonchev–Trinajstić information content (AvgIpc) is 3.95. The number of hydrogen-bond acceptors (Lipinski definition) is 10. The Kier molecular flexibility index (Phi) is 15.8. The van der Waals surface area contributed by atoms with Crippen LogP contribution >= 0.6 is 22.9 Å². The maximum absolute atomic E-state index is 14.1. The number of carbonyl (C=O) groups is 4. The van der Waals surface area contributed by atoms with E-state index in [4.69, 9.17) is 21.1 Å². The summed E-state index contributed by atoms with van der Waals surface area (Å²) in [5.41, 5.74) is 7.22. The molecule has 368 valence electrons. The van der Waals surface area contributed by atoms with Crippen molar-refractivity contribution in [3.05, 3.63) is 124 Å². The molecular weight excluding hydrogens is 922 g/mol. The highest BCUT2D eigenvalue weighted by Crippen LogP contribution is 2.55. The van der Waals surface area contributed by atoms with E-state index in [0.717, 1.165) is 38.5 Å². The number of amides is 4. The van der Waals surface area contributed by atoms with Crippen molar-refractivity contribution in [1.82, 2.24) is 25.8 Å². The number of rotatable bonds is 17. The Morgan fingerprint density at radius 3 is 2.17 bits per heavy atom. The van der Waals surface area contributed by atoms with E-state index in [1.807, 2.05) is 113 Å². The first-order valence-corrected chi connectivity index (χ1v) is 25.0. The van der Waals surface area contributed by atoms with Crippen LogP contribution in [0.2, 0.25) is 5.02 Å². The van der Waals surface area contributed by atoms with Crippen LogP contribution in [0, 0.1) is 40.4 Å². The molecule has 2 heterocycles. The number of aryl methyl sites for hydroxylation is 1. The second-order valence-corrected chi connectivity index (χ2v) is 22.1. The first kappa shape index (κ1) is 51.6. The Hall–Kier alpha value is -6.27. The molecule has 0 bridgehead atoms. The topological polar surface area (TPSA) is 175 Å². The average molecular weight is 987 g/mol. The maximum atomic E-state index is 14.1. The van der Waals surface area contributed by atoms with Crippen molar-refractivity contribution in [3.8, 4) is 33.4 Å². The number of aromatic nitrogens is 1. The fourth-order valence-corrected chi connectivity index (χ4v) is 11.1. The molecule has 2 fully saturated rings. The van der Waals surface area contributed by atoms with E-state index in [-0.39, 0.29) is 59.8 Å². The highest BCUT2D eigenvalue weighted by atomic mass is 35.5. The summed E-state index contributed by atoms with van der Waals surface area (Å²) >= 11 is 7.85. The summed E-state index contributed by atoms with van der Waals surface area (Å²) in [5.74, 6) is -0.369. The van der Waals surface area contributed by atoms with Gasteiger partial charge in [0.25, 0.3) is 5.91 Å². The smallest absolute Gasteiger partial charge is 0.251 e. The minimum atomic E-state index is -0.860. The van der Waals surface area contributed by atoms with Crippen LogP contribution in [0.1, 0.15) is 89.0 Å². The van der Waals surface area contributed by atoms with Crippen LogP contribution in [0.3, 0.4) is 0 Å². The third-order valence-corrected chi connectivity index (χ3v) is 14.8. The van der Waals surface area contributed by atoms with Gasteiger partial charge in [-0.05, 0) is 83.3 Å². The molecule has 4 N–H and O–H groups in total. The number of thiazole rings is 1. The van der Waals surface area contributed by atoms with Gasteiger partial charge in [-0.25, -0.2) is 4.98 Å². The minimum absolute atomic E-state index is 0.122. The molecule has 1 aliphatic heterocycles. The number of carbonyl (C=O) groups excluding carboxylic acids is 4. The molecular formula is C55H64ClN7O6S. The normalized spacial score (nSPS) is 19.5. The van der Waals surface area contributed by atoms with Crippen molar-refractivity contribution < 1.29 is 28.7 Å². The van der Waals surface area contributed by atoms with Gasteiger partial charge >= 0.3 is 0 Å². The van der Waals surface area contributed by atoms with Crippen LogP contribution in [0.5, 0.6) is 5.75 Å². The van der Waals surface area contributed by atoms with Crippen LogP contribution in [0.25, 0.3) is 21.6 Å². The van der Waals surface area contributed by atoms with E-state index in [1.54, 1.807) is 34.4 Å². The number of benzene rings is 4. The van der Waals surface area contributed by atoms with Crippen molar-refractivity contribution >= 4 is 52.3 Å². The summed E-state index contributed by atoms with van der Waals surface area (Å²) in [6.45, 7) is 19.2. The third-order valence-electron chi connectivity index (χ3n) is 13.5. The van der Waals surface area contributed by atoms with E-state index < -0.39 is 23.4 Å². The van der Waals surface area contributed by atoms with Gasteiger partial charge in [-0.15, -0.1) is 11.3 Å². The fourth-order valence-electron chi connectivity index (χ4n) is 10.1. The number of nitrogens with one attached hydrogen (secondary N) is 4. The van der Waals surface area contributed by atoms with Gasteiger partial charge in [-0.3, -0.25) is 19.2 Å². The molecule has 1 aliphatic carbocycles. The minimum Gasteiger partial charge on any atom is -0.489 e. The van der Waals surface area contributed by atoms with Gasteiger partial charge in [0.05, 0.1) is 33.3 Å². The fraction of sp³-hybridized carbons (Fsp3) is 0.418. The van der Waals surface area contributed by atoms with E-state index in [9.17, 15) is 24.4 Å². The Bertz CT molecular complexity index is 2710. The molecule has 2 aliphatic rings. The van der Waals surface area contributed by atoms with Gasteiger partial charge in [0, 0.05) is 53.8 Å². The monoisotopic (exact) mass is 985 g/mol. The molecule has 0 unspecified atom stereocenters. The molecule has 1 aromatic heterocycles. The molecule has 3 atom stereocenters. The van der Waals surface area contributed by atoms with Crippen LogP contribution in [0.4, 0.5) is 5.69 Å². The van der Waals surface area contributed by atoms with Gasteiger partial charge in [0.2, 0.25) is 17.7 Å². The largest absolute Gasteiger partial charge is 0.489 e. The second kappa shape index (κ2) is 21.4. The molecule has 70 heavy (non-hydrogen) atoms. The number of nitrogens with zero attached hydrogens (tertiary/aromatic N) is 3. The van der Waals surface area contributed by atoms with Crippen molar-refractivity contribution in [2.24, 2.45) is 22.2 Å². The standard InChI is InChI=1S/C55H64ClN7O6S/c1-33-26-44(49(66)59-29-35-10-12-38(13-11-35)46-34(2)60-32-70-46)63(30-33)50(67)47(53(3,4)5)61-45(64)31-68-25-24-58-41-21-18-37(19-22-41)36-14-16-39(17-15-36)48(65)62-51-54(6,7)52(55(51,8)9)69-42-23-20-40(28-57)43(56)27-42/h10-23,27,32-33,44,47,51-52,58H,24-26,29-31H2,1-9H3,(H,59,66)(H,61,64)(H,62,65)/t33-,44+,47-,51?,52?/m1/s1. The predicted molar refractivity (Wildman–Crippen MR) is 275 cm³/mol. The molecule has 0 spiro atoms. The lowest BCUT2D eigenvalue weighted by Crippen LogP contribution is -2.74. The lowest BCUT2D eigenvalue weighted by molar-refractivity contribution is -0.164. The lowest BCUT2D eigenvalue weighted by atomic mass is 9.49. The van der Waals surface area contributed by atoms with E-state index >= 15 is 0 Å². The van der Waals surface area contributed by atoms with E-state index in [2.05, 4.69) is 60.0 Å². The van der Waals surface area contributed by atoms with Crippen molar-refractivity contribution in [3.63, 3.8) is 0 Å². The first-order valence-electron chi connectivity index (χ1n) is 23.7. The van der Waals surface area contributed by atoms with Crippen LogP contribution in [-0.2, 0) is 25.7 Å². The highest BCUT2D eigenvalue weighted by molar-refractivity contribution is 7.13. The summed E-state index contributed by atoms with van der Waals surface area (Å²) < 4.78 is 12.1. The zero-order valence-electron chi connectivity index (χ0n) is 41.4. The molecule has 13 nitrogen and oxygen atoms in total. The van der Waals surface area contributed by atoms with Gasteiger partial charge in [0.1, 0.15) is 36.6 Å². The van der Waals surface area contributed by atoms with Crippen LogP contribution < -0.4 is 26.0 Å². The van der Waals surface area contributed by atoms with E-state index in [0.29, 0.717) is 48.0 Å². The summed E-state index contributed by atoms with van der Waals surface area (Å²) in [4.78, 5) is 61.5. The lowest BCUT2D eigenvalue weighted by Gasteiger charge is -2.63. The SMILES string of the molecule is Cc1ncsc1-c1ccc(CNC(=O)[C@@H]2C[C@@H](C)CN2C(=O)[C@@H](NC(=O)COCCNc2ccc(-c3ccc(C(=O)NC4C(C)(C)C(Oc5ccc(C#N)c(Cl)c5)C4(C)C)cc3)cc2)C(C)(C)C)cc1.